The van der Waals surface area contributed by atoms with Crippen molar-refractivity contribution in [3.05, 3.63) is 124 Å². The van der Waals surface area contributed by atoms with Crippen LogP contribution in [0, 0.1) is 27.7 Å². The molecule has 1 atom stereocenters. The van der Waals surface area contributed by atoms with E-state index in [1.165, 1.54) is 0 Å². The molecule has 8 nitrogen and oxygen atoms in total. The predicted molar refractivity (Wildman–Crippen MR) is 183 cm³/mol. The molecule has 1 unspecified atom stereocenters. The summed E-state index contributed by atoms with van der Waals surface area (Å²) in [6.45, 7) is 7.84. The molecule has 6 rings (SSSR count). The summed E-state index contributed by atoms with van der Waals surface area (Å²) in [5.74, 6) is 1.55. The fourth-order valence-corrected chi connectivity index (χ4v) is 5.28. The first kappa shape index (κ1) is 30.8. The Morgan fingerprint density at radius 1 is 0.822 bits per heavy atom. The SMILES string of the molecule is COc1ccc(/C=C/C2(C=Cc3cccnc3N)C=Cc3c(C)cc(C)c(O)c3N2)cn1.Cc1cc(C)c2cccnc2c1O. The number of nitrogens with two attached hydrogens (primary N) is 1. The van der Waals surface area contributed by atoms with Crippen LogP contribution in [-0.2, 0) is 0 Å². The average molecular weight is 600 g/mol. The van der Waals surface area contributed by atoms with E-state index in [0.29, 0.717) is 28.7 Å². The van der Waals surface area contributed by atoms with Gasteiger partial charge in [0.05, 0.1) is 18.3 Å². The van der Waals surface area contributed by atoms with Crippen LogP contribution in [0.15, 0.2) is 85.3 Å². The number of ether oxygens (including phenoxy) is 1. The number of nitrogens with zero attached hydrogens (tertiary/aromatic N) is 3. The molecule has 228 valence electrons. The monoisotopic (exact) mass is 599 g/mol. The Bertz CT molecular complexity index is 1950. The summed E-state index contributed by atoms with van der Waals surface area (Å²) in [5.41, 5.74) is 13.4. The largest absolute Gasteiger partial charge is 0.505 e. The number of benzene rings is 2. The summed E-state index contributed by atoms with van der Waals surface area (Å²) in [5, 5.41) is 25.0. The lowest BCUT2D eigenvalue weighted by Crippen LogP contribution is -2.34. The van der Waals surface area contributed by atoms with Crippen LogP contribution in [0.5, 0.6) is 17.4 Å². The lowest BCUT2D eigenvalue weighted by Gasteiger charge is -2.33. The maximum absolute atomic E-state index is 10.8. The number of anilines is 2. The van der Waals surface area contributed by atoms with Crippen LogP contribution >= 0.6 is 0 Å². The van der Waals surface area contributed by atoms with Crippen molar-refractivity contribution in [2.45, 2.75) is 33.2 Å². The smallest absolute Gasteiger partial charge is 0.212 e. The molecule has 2 aromatic carbocycles. The second-order valence-corrected chi connectivity index (χ2v) is 11.1. The van der Waals surface area contributed by atoms with Crippen LogP contribution in [-0.4, -0.2) is 37.8 Å². The minimum absolute atomic E-state index is 0.244. The molecule has 0 saturated carbocycles. The predicted octanol–water partition coefficient (Wildman–Crippen LogP) is 7.55. The Morgan fingerprint density at radius 3 is 2.27 bits per heavy atom. The maximum atomic E-state index is 10.8. The first-order valence-electron chi connectivity index (χ1n) is 14.5. The Balaban J connectivity index is 0.000000256. The van der Waals surface area contributed by atoms with Crippen molar-refractivity contribution in [2.75, 3.05) is 18.2 Å². The van der Waals surface area contributed by atoms with Gasteiger partial charge in [-0.25, -0.2) is 9.97 Å². The second-order valence-electron chi connectivity index (χ2n) is 11.1. The zero-order valence-electron chi connectivity index (χ0n) is 26.0. The van der Waals surface area contributed by atoms with E-state index in [2.05, 4.69) is 26.3 Å². The van der Waals surface area contributed by atoms with Gasteiger partial charge >= 0.3 is 0 Å². The molecule has 0 aliphatic carbocycles. The maximum Gasteiger partial charge on any atom is 0.212 e. The highest BCUT2D eigenvalue weighted by atomic mass is 16.5. The molecule has 4 heterocycles. The number of nitrogens with one attached hydrogen (secondary N) is 1. The van der Waals surface area contributed by atoms with E-state index in [4.69, 9.17) is 10.5 Å². The van der Waals surface area contributed by atoms with Crippen LogP contribution in [0.25, 0.3) is 29.1 Å². The Kier molecular flexibility index (Phi) is 8.86. The van der Waals surface area contributed by atoms with Crippen LogP contribution < -0.4 is 15.8 Å². The number of rotatable bonds is 5. The minimum atomic E-state index is -0.701. The number of methoxy groups -OCH3 is 1. The van der Waals surface area contributed by atoms with Gasteiger partial charge in [-0.2, -0.15) is 0 Å². The molecule has 1 aliphatic heterocycles. The molecule has 3 aromatic heterocycles. The zero-order chi connectivity index (χ0) is 32.1. The summed E-state index contributed by atoms with van der Waals surface area (Å²) in [7, 11) is 1.59. The van der Waals surface area contributed by atoms with Gasteiger partial charge in [0.2, 0.25) is 5.88 Å². The summed E-state index contributed by atoms with van der Waals surface area (Å²) < 4.78 is 5.14. The van der Waals surface area contributed by atoms with Gasteiger partial charge in [0.15, 0.2) is 0 Å². The molecule has 1 aliphatic rings. The molecular formula is C37H37N5O3. The molecule has 0 amide bonds. The van der Waals surface area contributed by atoms with Crippen molar-refractivity contribution in [2.24, 2.45) is 0 Å². The van der Waals surface area contributed by atoms with Gasteiger partial charge in [-0.1, -0.05) is 54.7 Å². The average Bonchev–Trinajstić information content (AvgIpc) is 3.05. The molecule has 0 bridgehead atoms. The minimum Gasteiger partial charge on any atom is -0.505 e. The summed E-state index contributed by atoms with van der Waals surface area (Å²) in [6.07, 6.45) is 17.1. The second kappa shape index (κ2) is 12.9. The third-order valence-corrected chi connectivity index (χ3v) is 7.80. The molecule has 5 N–H and O–H groups in total. The van der Waals surface area contributed by atoms with Gasteiger partial charge in [-0.3, -0.25) is 4.98 Å². The lowest BCUT2D eigenvalue weighted by atomic mass is 9.88. The summed E-state index contributed by atoms with van der Waals surface area (Å²) >= 11 is 0. The van der Waals surface area contributed by atoms with Crippen molar-refractivity contribution in [1.29, 1.82) is 0 Å². The third kappa shape index (κ3) is 6.65. The highest BCUT2D eigenvalue weighted by molar-refractivity contribution is 5.88. The van der Waals surface area contributed by atoms with Gasteiger partial charge in [0.1, 0.15) is 22.8 Å². The number of aromatic hydroxyl groups is 2. The van der Waals surface area contributed by atoms with Gasteiger partial charge < -0.3 is 26.0 Å². The molecule has 0 radical (unpaired) electrons. The fourth-order valence-electron chi connectivity index (χ4n) is 5.28. The van der Waals surface area contributed by atoms with Gasteiger partial charge in [0.25, 0.3) is 0 Å². The van der Waals surface area contributed by atoms with Crippen LogP contribution in [0.3, 0.4) is 0 Å². The molecule has 8 heteroatoms. The number of hydrogen-bond donors (Lipinski definition) is 4. The van der Waals surface area contributed by atoms with Crippen molar-refractivity contribution in [1.82, 2.24) is 15.0 Å². The number of hydrogen-bond acceptors (Lipinski definition) is 8. The lowest BCUT2D eigenvalue weighted by molar-refractivity contribution is 0.398. The Morgan fingerprint density at radius 2 is 1.53 bits per heavy atom. The molecular weight excluding hydrogens is 562 g/mol. The van der Waals surface area contributed by atoms with Crippen molar-refractivity contribution >= 4 is 40.6 Å². The Hall–Kier alpha value is -5.63. The third-order valence-electron chi connectivity index (χ3n) is 7.80. The van der Waals surface area contributed by atoms with Gasteiger partial charge in [-0.15, -0.1) is 0 Å². The number of aromatic nitrogens is 3. The molecule has 5 aromatic rings. The number of phenolic OH excluding ortho intramolecular Hbond substituents is 2. The fraction of sp³-hybridized carbons (Fsp3) is 0.162. The van der Waals surface area contributed by atoms with Crippen molar-refractivity contribution in [3.8, 4) is 17.4 Å². The van der Waals surface area contributed by atoms with E-state index in [-0.39, 0.29) is 5.75 Å². The molecule has 0 spiro atoms. The summed E-state index contributed by atoms with van der Waals surface area (Å²) in [4.78, 5) is 12.6. The Labute approximate surface area is 263 Å². The quantitative estimate of drug-likeness (QED) is 0.153. The standard InChI is InChI=1S/C26H26N4O2.C11H11NO/c1-17-15-18(2)24(31)23-21(17)10-13-26(30-23,12-9-20-5-4-14-28-25(20)27)11-8-19-6-7-22(32-3)29-16-19;1-7-6-8(2)11(13)10-9(7)4-3-5-12-10/h4-16,30-31H,1-3H3,(H2,27,28);3-6,13H,1-2H3/b11-8+,12-9?;. The van der Waals surface area contributed by atoms with E-state index >= 15 is 0 Å². The summed E-state index contributed by atoms with van der Waals surface area (Å²) in [6, 6.07) is 15.3. The van der Waals surface area contributed by atoms with E-state index < -0.39 is 5.54 Å². The topological polar surface area (TPSA) is 126 Å². The van der Waals surface area contributed by atoms with E-state index in [1.807, 2.05) is 107 Å². The molecule has 0 fully saturated rings. The number of aryl methyl sites for hydroxylation is 4. The number of fused-ring (bicyclic) bond motifs is 2. The molecule has 0 saturated heterocycles. The zero-order valence-corrected chi connectivity index (χ0v) is 26.0. The normalized spacial score (nSPS) is 15.5. The van der Waals surface area contributed by atoms with Crippen molar-refractivity contribution < 1.29 is 14.9 Å². The van der Waals surface area contributed by atoms with Gasteiger partial charge in [0, 0.05) is 41.2 Å². The van der Waals surface area contributed by atoms with Crippen LogP contribution in [0.1, 0.15) is 38.9 Å². The highest BCUT2D eigenvalue weighted by Crippen LogP contribution is 2.41. The highest BCUT2D eigenvalue weighted by Gasteiger charge is 2.28. The molecule has 45 heavy (non-hydrogen) atoms. The van der Waals surface area contributed by atoms with Crippen molar-refractivity contribution in [3.63, 3.8) is 0 Å². The van der Waals surface area contributed by atoms with E-state index in [9.17, 15) is 10.2 Å². The van der Waals surface area contributed by atoms with E-state index in [0.717, 1.165) is 44.3 Å². The number of phenols is 2. The first-order valence-corrected chi connectivity index (χ1v) is 14.5. The first-order chi connectivity index (χ1) is 21.6. The van der Waals surface area contributed by atoms with Gasteiger partial charge in [-0.05, 0) is 79.8 Å². The van der Waals surface area contributed by atoms with Crippen LogP contribution in [0.4, 0.5) is 11.5 Å². The van der Waals surface area contributed by atoms with E-state index in [1.54, 1.807) is 25.7 Å². The number of nitrogen functional groups attached to an aromatic ring is 1. The number of pyridine rings is 3. The van der Waals surface area contributed by atoms with Crippen LogP contribution in [0.2, 0.25) is 0 Å².